The SMILES string of the molecule is CC(C)[C@@H]1c2[nH]c3ccccc3c2CCN1C(=O)NCc1nccn1C(C)C. The van der Waals surface area contributed by atoms with Crippen molar-refractivity contribution < 1.29 is 4.79 Å². The molecule has 1 aromatic carbocycles. The molecule has 0 aliphatic carbocycles. The molecule has 1 aliphatic rings. The minimum atomic E-state index is -0.0266. The molecule has 3 heterocycles. The highest BCUT2D eigenvalue weighted by Gasteiger charge is 2.35. The van der Waals surface area contributed by atoms with Crippen LogP contribution in [0.15, 0.2) is 36.7 Å². The average Bonchev–Trinajstić information content (AvgIpc) is 3.29. The molecule has 0 fully saturated rings. The summed E-state index contributed by atoms with van der Waals surface area (Å²) >= 11 is 0. The maximum absolute atomic E-state index is 13.1. The molecule has 1 atom stereocenters. The molecule has 0 saturated carbocycles. The number of nitrogens with one attached hydrogen (secondary N) is 2. The number of benzene rings is 1. The van der Waals surface area contributed by atoms with Gasteiger partial charge >= 0.3 is 6.03 Å². The summed E-state index contributed by atoms with van der Waals surface area (Å²) in [5.41, 5.74) is 3.69. The topological polar surface area (TPSA) is 66.0 Å². The summed E-state index contributed by atoms with van der Waals surface area (Å²) in [7, 11) is 0. The third-order valence-electron chi connectivity index (χ3n) is 5.68. The number of carbonyl (C=O) groups excluding carboxylic acids is 1. The zero-order valence-electron chi connectivity index (χ0n) is 17.1. The Kier molecular flexibility index (Phi) is 4.87. The Morgan fingerprint density at radius 2 is 2.07 bits per heavy atom. The lowest BCUT2D eigenvalue weighted by Crippen LogP contribution is -2.47. The molecule has 3 aromatic rings. The minimum Gasteiger partial charge on any atom is -0.356 e. The number of aromatic amines is 1. The third kappa shape index (κ3) is 3.17. The Balaban J connectivity index is 1.57. The van der Waals surface area contributed by atoms with E-state index in [4.69, 9.17) is 0 Å². The minimum absolute atomic E-state index is 0.0266. The van der Waals surface area contributed by atoms with E-state index in [1.807, 2.05) is 11.1 Å². The van der Waals surface area contributed by atoms with Crippen molar-refractivity contribution in [3.8, 4) is 0 Å². The number of urea groups is 1. The Morgan fingerprint density at radius 1 is 1.29 bits per heavy atom. The number of aromatic nitrogens is 3. The molecule has 0 spiro atoms. The summed E-state index contributed by atoms with van der Waals surface area (Å²) in [4.78, 5) is 23.0. The van der Waals surface area contributed by atoms with Crippen molar-refractivity contribution in [2.75, 3.05) is 6.54 Å². The van der Waals surface area contributed by atoms with E-state index >= 15 is 0 Å². The fourth-order valence-electron chi connectivity index (χ4n) is 4.40. The number of para-hydroxylation sites is 1. The highest BCUT2D eigenvalue weighted by molar-refractivity contribution is 5.86. The van der Waals surface area contributed by atoms with Gasteiger partial charge in [-0.3, -0.25) is 0 Å². The van der Waals surface area contributed by atoms with Crippen LogP contribution in [0.4, 0.5) is 4.79 Å². The third-order valence-corrected chi connectivity index (χ3v) is 5.68. The number of hydrogen-bond acceptors (Lipinski definition) is 2. The van der Waals surface area contributed by atoms with E-state index in [2.05, 4.69) is 71.8 Å². The van der Waals surface area contributed by atoms with Crippen LogP contribution in [0.2, 0.25) is 0 Å². The molecular weight excluding hydrogens is 350 g/mol. The quantitative estimate of drug-likeness (QED) is 0.705. The monoisotopic (exact) mass is 379 g/mol. The summed E-state index contributed by atoms with van der Waals surface area (Å²) < 4.78 is 2.09. The number of carbonyl (C=O) groups is 1. The number of hydrogen-bond donors (Lipinski definition) is 2. The van der Waals surface area contributed by atoms with Crippen molar-refractivity contribution in [3.63, 3.8) is 0 Å². The van der Waals surface area contributed by atoms with Crippen LogP contribution < -0.4 is 5.32 Å². The Hall–Kier alpha value is -2.76. The zero-order valence-corrected chi connectivity index (χ0v) is 17.1. The molecule has 6 heteroatoms. The maximum Gasteiger partial charge on any atom is 0.318 e. The predicted molar refractivity (Wildman–Crippen MR) is 111 cm³/mol. The standard InChI is InChI=1S/C22H29N5O/c1-14(2)21-20-17(16-7-5-6-8-18(16)25-20)9-11-27(21)22(28)24-13-19-23-10-12-26(19)15(3)4/h5-8,10,12,14-15,21,25H,9,11,13H2,1-4H3,(H,24,28)/t21-/m1/s1. The lowest BCUT2D eigenvalue weighted by atomic mass is 9.90. The van der Waals surface area contributed by atoms with Crippen LogP contribution in [0.3, 0.4) is 0 Å². The Morgan fingerprint density at radius 3 is 2.82 bits per heavy atom. The number of nitrogens with zero attached hydrogens (tertiary/aromatic N) is 3. The lowest BCUT2D eigenvalue weighted by Gasteiger charge is -2.38. The van der Waals surface area contributed by atoms with E-state index in [9.17, 15) is 4.79 Å². The summed E-state index contributed by atoms with van der Waals surface area (Å²) in [6.45, 7) is 9.74. The van der Waals surface area contributed by atoms with Gasteiger partial charge in [-0.25, -0.2) is 9.78 Å². The van der Waals surface area contributed by atoms with E-state index in [1.54, 1.807) is 6.20 Å². The molecule has 4 rings (SSSR count). The predicted octanol–water partition coefficient (Wildman–Crippen LogP) is 4.41. The van der Waals surface area contributed by atoms with E-state index in [-0.39, 0.29) is 12.1 Å². The Labute approximate surface area is 165 Å². The number of fused-ring (bicyclic) bond motifs is 3. The maximum atomic E-state index is 13.1. The van der Waals surface area contributed by atoms with Gasteiger partial charge in [0.1, 0.15) is 5.82 Å². The second-order valence-electron chi connectivity index (χ2n) is 8.20. The smallest absolute Gasteiger partial charge is 0.318 e. The van der Waals surface area contributed by atoms with Crippen LogP contribution in [0, 0.1) is 5.92 Å². The molecule has 0 radical (unpaired) electrons. The molecule has 28 heavy (non-hydrogen) atoms. The molecule has 0 bridgehead atoms. The first kappa shape index (κ1) is 18.6. The van der Waals surface area contributed by atoms with E-state index < -0.39 is 0 Å². The second kappa shape index (κ2) is 7.34. The van der Waals surface area contributed by atoms with Gasteiger partial charge in [0.15, 0.2) is 0 Å². The van der Waals surface area contributed by atoms with E-state index in [0.717, 1.165) is 24.3 Å². The number of amides is 2. The van der Waals surface area contributed by atoms with Crippen LogP contribution in [0.25, 0.3) is 10.9 Å². The molecule has 2 N–H and O–H groups in total. The highest BCUT2D eigenvalue weighted by Crippen LogP contribution is 2.38. The van der Waals surface area contributed by atoms with Crippen LogP contribution in [0.1, 0.15) is 56.9 Å². The number of rotatable bonds is 4. The van der Waals surface area contributed by atoms with Crippen molar-refractivity contribution in [2.24, 2.45) is 5.92 Å². The van der Waals surface area contributed by atoms with Gasteiger partial charge in [0.2, 0.25) is 0 Å². The fraction of sp³-hybridized carbons (Fsp3) is 0.455. The molecule has 1 aliphatic heterocycles. The van der Waals surface area contributed by atoms with Crippen LogP contribution in [-0.4, -0.2) is 32.0 Å². The van der Waals surface area contributed by atoms with Gasteiger partial charge < -0.3 is 19.8 Å². The summed E-state index contributed by atoms with van der Waals surface area (Å²) in [5.74, 6) is 1.20. The van der Waals surface area contributed by atoms with Crippen molar-refractivity contribution in [2.45, 2.75) is 52.7 Å². The molecule has 0 saturated heterocycles. The van der Waals surface area contributed by atoms with Gasteiger partial charge in [0, 0.05) is 41.6 Å². The highest BCUT2D eigenvalue weighted by atomic mass is 16.2. The summed E-state index contributed by atoms with van der Waals surface area (Å²) in [5, 5.41) is 4.37. The molecular formula is C22H29N5O. The lowest BCUT2D eigenvalue weighted by molar-refractivity contribution is 0.146. The average molecular weight is 380 g/mol. The molecule has 148 valence electrons. The van der Waals surface area contributed by atoms with Gasteiger partial charge in [-0.15, -0.1) is 0 Å². The first-order chi connectivity index (χ1) is 13.5. The first-order valence-corrected chi connectivity index (χ1v) is 10.1. The number of H-pyrrole nitrogens is 1. The van der Waals surface area contributed by atoms with E-state index in [0.29, 0.717) is 18.5 Å². The van der Waals surface area contributed by atoms with Crippen LogP contribution >= 0.6 is 0 Å². The number of imidazole rings is 1. The van der Waals surface area contributed by atoms with Gasteiger partial charge in [0.05, 0.1) is 12.6 Å². The van der Waals surface area contributed by atoms with Crippen molar-refractivity contribution in [3.05, 3.63) is 53.7 Å². The second-order valence-corrected chi connectivity index (χ2v) is 8.20. The van der Waals surface area contributed by atoms with E-state index in [1.165, 1.54) is 16.6 Å². The van der Waals surface area contributed by atoms with Crippen LogP contribution in [-0.2, 0) is 13.0 Å². The first-order valence-electron chi connectivity index (χ1n) is 10.1. The van der Waals surface area contributed by atoms with Gasteiger partial charge in [-0.05, 0) is 37.8 Å². The van der Waals surface area contributed by atoms with Crippen molar-refractivity contribution in [1.82, 2.24) is 24.8 Å². The summed E-state index contributed by atoms with van der Waals surface area (Å²) in [6, 6.07) is 8.75. The molecule has 2 aromatic heterocycles. The van der Waals surface area contributed by atoms with Gasteiger partial charge in [-0.1, -0.05) is 32.0 Å². The molecule has 2 amide bonds. The fourth-order valence-corrected chi connectivity index (χ4v) is 4.40. The van der Waals surface area contributed by atoms with Crippen molar-refractivity contribution in [1.29, 1.82) is 0 Å². The molecule has 6 nitrogen and oxygen atoms in total. The normalized spacial score (nSPS) is 16.8. The van der Waals surface area contributed by atoms with Gasteiger partial charge in [-0.2, -0.15) is 0 Å². The summed E-state index contributed by atoms with van der Waals surface area (Å²) in [6.07, 6.45) is 4.62. The van der Waals surface area contributed by atoms with Crippen molar-refractivity contribution >= 4 is 16.9 Å². The molecule has 0 unspecified atom stereocenters. The van der Waals surface area contributed by atoms with Crippen LogP contribution in [0.5, 0.6) is 0 Å². The van der Waals surface area contributed by atoms with Gasteiger partial charge in [0.25, 0.3) is 0 Å². The largest absolute Gasteiger partial charge is 0.356 e. The zero-order chi connectivity index (χ0) is 19.8. The Bertz CT molecular complexity index is 984.